The SMILES string of the molecule is NCCCc1cccc(-c2ccccc2)n1. The first-order chi connectivity index (χ1) is 7.90. The third kappa shape index (κ3) is 2.67. The minimum absolute atomic E-state index is 0.719. The molecule has 0 atom stereocenters. The highest BCUT2D eigenvalue weighted by Gasteiger charge is 1.99. The Morgan fingerprint density at radius 3 is 2.50 bits per heavy atom. The van der Waals surface area contributed by atoms with Crippen molar-refractivity contribution in [3.05, 3.63) is 54.2 Å². The van der Waals surface area contributed by atoms with Gasteiger partial charge in [0.1, 0.15) is 0 Å². The van der Waals surface area contributed by atoms with Crippen LogP contribution in [0.5, 0.6) is 0 Å². The van der Waals surface area contributed by atoms with Crippen molar-refractivity contribution in [3.63, 3.8) is 0 Å². The Morgan fingerprint density at radius 1 is 0.938 bits per heavy atom. The number of pyridine rings is 1. The first-order valence-corrected chi connectivity index (χ1v) is 5.61. The highest BCUT2D eigenvalue weighted by molar-refractivity contribution is 5.58. The van der Waals surface area contributed by atoms with Crippen LogP contribution in [0.4, 0.5) is 0 Å². The zero-order chi connectivity index (χ0) is 11.2. The molecule has 2 N–H and O–H groups in total. The van der Waals surface area contributed by atoms with Crippen LogP contribution in [0.25, 0.3) is 11.3 Å². The largest absolute Gasteiger partial charge is 0.330 e. The summed E-state index contributed by atoms with van der Waals surface area (Å²) in [5.41, 5.74) is 8.82. The van der Waals surface area contributed by atoms with Crippen molar-refractivity contribution in [2.24, 2.45) is 5.73 Å². The van der Waals surface area contributed by atoms with E-state index in [0.29, 0.717) is 0 Å². The minimum Gasteiger partial charge on any atom is -0.330 e. The summed E-state index contributed by atoms with van der Waals surface area (Å²) in [5.74, 6) is 0. The second kappa shape index (κ2) is 5.42. The lowest BCUT2D eigenvalue weighted by Crippen LogP contribution is -2.01. The van der Waals surface area contributed by atoms with Gasteiger partial charge in [-0.25, -0.2) is 0 Å². The maximum atomic E-state index is 5.50. The number of nitrogens with two attached hydrogens (primary N) is 1. The fourth-order valence-corrected chi connectivity index (χ4v) is 1.67. The molecule has 0 unspecified atom stereocenters. The van der Waals surface area contributed by atoms with E-state index in [9.17, 15) is 0 Å². The Kier molecular flexibility index (Phi) is 3.67. The maximum absolute atomic E-state index is 5.50. The van der Waals surface area contributed by atoms with Crippen LogP contribution in [0, 0.1) is 0 Å². The van der Waals surface area contributed by atoms with Crippen LogP contribution in [0.1, 0.15) is 12.1 Å². The molecule has 82 valence electrons. The average molecular weight is 212 g/mol. The second-order valence-corrected chi connectivity index (χ2v) is 3.77. The lowest BCUT2D eigenvalue weighted by atomic mass is 10.1. The molecule has 16 heavy (non-hydrogen) atoms. The fourth-order valence-electron chi connectivity index (χ4n) is 1.67. The number of hydrogen-bond donors (Lipinski definition) is 1. The van der Waals surface area contributed by atoms with E-state index in [4.69, 9.17) is 5.73 Å². The predicted octanol–water partition coefficient (Wildman–Crippen LogP) is 2.64. The summed E-state index contributed by atoms with van der Waals surface area (Å²) in [6.45, 7) is 0.719. The number of nitrogens with zero attached hydrogens (tertiary/aromatic N) is 1. The Bertz CT molecular complexity index is 437. The molecule has 2 rings (SSSR count). The summed E-state index contributed by atoms with van der Waals surface area (Å²) in [7, 11) is 0. The Morgan fingerprint density at radius 2 is 1.75 bits per heavy atom. The molecule has 0 amide bonds. The zero-order valence-corrected chi connectivity index (χ0v) is 9.26. The van der Waals surface area contributed by atoms with Gasteiger partial charge in [0.15, 0.2) is 0 Å². The van der Waals surface area contributed by atoms with Crippen LogP contribution in [0.2, 0.25) is 0 Å². The third-order valence-electron chi connectivity index (χ3n) is 2.51. The highest BCUT2D eigenvalue weighted by atomic mass is 14.7. The van der Waals surface area contributed by atoms with Crippen LogP contribution in [-0.4, -0.2) is 11.5 Å². The van der Waals surface area contributed by atoms with Crippen molar-refractivity contribution in [2.45, 2.75) is 12.8 Å². The zero-order valence-electron chi connectivity index (χ0n) is 9.26. The third-order valence-corrected chi connectivity index (χ3v) is 2.51. The van der Waals surface area contributed by atoms with Gasteiger partial charge in [0, 0.05) is 11.3 Å². The number of benzene rings is 1. The van der Waals surface area contributed by atoms with Crippen molar-refractivity contribution < 1.29 is 0 Å². The predicted molar refractivity (Wildman–Crippen MR) is 67.0 cm³/mol. The van der Waals surface area contributed by atoms with E-state index in [2.05, 4.69) is 29.2 Å². The second-order valence-electron chi connectivity index (χ2n) is 3.77. The lowest BCUT2D eigenvalue weighted by molar-refractivity contribution is 0.811. The van der Waals surface area contributed by atoms with Gasteiger partial charge >= 0.3 is 0 Å². The maximum Gasteiger partial charge on any atom is 0.0705 e. The molecule has 0 radical (unpaired) electrons. The average Bonchev–Trinajstić information content (AvgIpc) is 2.38. The van der Waals surface area contributed by atoms with Crippen LogP contribution >= 0.6 is 0 Å². The van der Waals surface area contributed by atoms with Gasteiger partial charge in [-0.1, -0.05) is 36.4 Å². The summed E-state index contributed by atoms with van der Waals surface area (Å²) >= 11 is 0. The lowest BCUT2D eigenvalue weighted by Gasteiger charge is -2.03. The van der Waals surface area contributed by atoms with E-state index in [0.717, 1.165) is 36.3 Å². The van der Waals surface area contributed by atoms with Gasteiger partial charge in [0.2, 0.25) is 0 Å². The standard InChI is InChI=1S/C14H16N2/c15-11-5-9-13-8-4-10-14(16-13)12-6-2-1-3-7-12/h1-4,6-8,10H,5,9,11,15H2. The molecule has 1 aromatic carbocycles. The van der Waals surface area contributed by atoms with E-state index in [1.165, 1.54) is 0 Å². The topological polar surface area (TPSA) is 38.9 Å². The quantitative estimate of drug-likeness (QED) is 0.846. The molecule has 1 aromatic heterocycles. The van der Waals surface area contributed by atoms with Crippen LogP contribution < -0.4 is 5.73 Å². The van der Waals surface area contributed by atoms with Crippen LogP contribution in [0.15, 0.2) is 48.5 Å². The summed E-state index contributed by atoms with van der Waals surface area (Å²) in [6.07, 6.45) is 1.95. The molecular weight excluding hydrogens is 196 g/mol. The van der Waals surface area contributed by atoms with Gasteiger partial charge in [-0.3, -0.25) is 4.98 Å². The number of rotatable bonds is 4. The Balaban J connectivity index is 2.22. The van der Waals surface area contributed by atoms with Gasteiger partial charge in [-0.05, 0) is 31.5 Å². The molecular formula is C14H16N2. The summed E-state index contributed by atoms with van der Waals surface area (Å²) in [5, 5.41) is 0. The number of aryl methyl sites for hydroxylation is 1. The number of hydrogen-bond acceptors (Lipinski definition) is 2. The first-order valence-electron chi connectivity index (χ1n) is 5.61. The summed E-state index contributed by atoms with van der Waals surface area (Å²) < 4.78 is 0. The van der Waals surface area contributed by atoms with Crippen molar-refractivity contribution in [2.75, 3.05) is 6.54 Å². The van der Waals surface area contributed by atoms with Crippen LogP contribution in [-0.2, 0) is 6.42 Å². The summed E-state index contributed by atoms with van der Waals surface area (Å²) in [4.78, 5) is 4.62. The molecule has 0 bridgehead atoms. The van der Waals surface area contributed by atoms with E-state index in [-0.39, 0.29) is 0 Å². The first kappa shape index (κ1) is 10.8. The molecule has 0 aliphatic heterocycles. The molecule has 2 nitrogen and oxygen atoms in total. The van der Waals surface area contributed by atoms with Gasteiger partial charge < -0.3 is 5.73 Å². The monoisotopic (exact) mass is 212 g/mol. The minimum atomic E-state index is 0.719. The van der Waals surface area contributed by atoms with Crippen molar-refractivity contribution in [3.8, 4) is 11.3 Å². The van der Waals surface area contributed by atoms with Gasteiger partial charge in [0.05, 0.1) is 5.69 Å². The molecule has 0 saturated heterocycles. The van der Waals surface area contributed by atoms with Crippen molar-refractivity contribution >= 4 is 0 Å². The van der Waals surface area contributed by atoms with E-state index in [1.807, 2.05) is 24.3 Å². The van der Waals surface area contributed by atoms with E-state index in [1.54, 1.807) is 0 Å². The Hall–Kier alpha value is -1.67. The molecule has 0 aliphatic carbocycles. The van der Waals surface area contributed by atoms with Crippen molar-refractivity contribution in [1.82, 2.24) is 4.98 Å². The van der Waals surface area contributed by atoms with Gasteiger partial charge in [0.25, 0.3) is 0 Å². The van der Waals surface area contributed by atoms with E-state index >= 15 is 0 Å². The Labute approximate surface area is 96.1 Å². The smallest absolute Gasteiger partial charge is 0.0705 e. The molecule has 1 heterocycles. The molecule has 0 fully saturated rings. The van der Waals surface area contributed by atoms with E-state index < -0.39 is 0 Å². The molecule has 0 aliphatic rings. The molecule has 0 spiro atoms. The highest BCUT2D eigenvalue weighted by Crippen LogP contribution is 2.16. The molecule has 2 heteroatoms. The molecule has 0 saturated carbocycles. The van der Waals surface area contributed by atoms with Crippen LogP contribution in [0.3, 0.4) is 0 Å². The van der Waals surface area contributed by atoms with Gasteiger partial charge in [-0.15, -0.1) is 0 Å². The number of aromatic nitrogens is 1. The van der Waals surface area contributed by atoms with Gasteiger partial charge in [-0.2, -0.15) is 0 Å². The van der Waals surface area contributed by atoms with Crippen molar-refractivity contribution in [1.29, 1.82) is 0 Å². The molecule has 2 aromatic rings. The fraction of sp³-hybridized carbons (Fsp3) is 0.214. The normalized spacial score (nSPS) is 10.3. The summed E-state index contributed by atoms with van der Waals surface area (Å²) in [6, 6.07) is 16.4.